The van der Waals surface area contributed by atoms with Gasteiger partial charge in [-0.25, -0.2) is 0 Å². The highest BCUT2D eigenvalue weighted by Gasteiger charge is 2.19. The molecule has 0 rings (SSSR count). The average molecular weight is 373 g/mol. The summed E-state index contributed by atoms with van der Waals surface area (Å²) >= 11 is 0. The van der Waals surface area contributed by atoms with Gasteiger partial charge in [-0.1, -0.05) is 5.11 Å². The quantitative estimate of drug-likeness (QED) is 0.160. The zero-order valence-electron chi connectivity index (χ0n) is 16.0. The highest BCUT2D eigenvalue weighted by Crippen LogP contribution is 2.09. The van der Waals surface area contributed by atoms with Crippen LogP contribution >= 0.6 is 0 Å². The summed E-state index contributed by atoms with van der Waals surface area (Å²) < 4.78 is 15.7. The van der Waals surface area contributed by atoms with Gasteiger partial charge < -0.3 is 24.8 Å². The first-order valence-corrected chi connectivity index (χ1v) is 8.66. The molecule has 0 heterocycles. The van der Waals surface area contributed by atoms with Crippen LogP contribution in [0.1, 0.15) is 33.6 Å². The van der Waals surface area contributed by atoms with Crippen molar-refractivity contribution in [3.8, 4) is 0 Å². The van der Waals surface area contributed by atoms with E-state index >= 15 is 0 Å². The zero-order valence-corrected chi connectivity index (χ0v) is 16.0. The number of rotatable bonds is 14. The smallest absolute Gasteiger partial charge is 0.308 e. The van der Waals surface area contributed by atoms with Crippen LogP contribution in [0.15, 0.2) is 5.11 Å². The molecular formula is C16H31N5O5. The summed E-state index contributed by atoms with van der Waals surface area (Å²) in [5.74, 6) is -0.616. The van der Waals surface area contributed by atoms with Crippen molar-refractivity contribution in [2.75, 3.05) is 52.6 Å². The maximum absolute atomic E-state index is 12.3. The largest absolute Gasteiger partial charge is 0.460 e. The average Bonchev–Trinajstić information content (AvgIpc) is 2.55. The summed E-state index contributed by atoms with van der Waals surface area (Å²) in [6, 6.07) is 0. The number of hydrogen-bond donors (Lipinski definition) is 1. The third-order valence-corrected chi connectivity index (χ3v) is 2.97. The highest BCUT2D eigenvalue weighted by atomic mass is 16.6. The van der Waals surface area contributed by atoms with E-state index in [2.05, 4.69) is 10.0 Å². The van der Waals surface area contributed by atoms with Crippen LogP contribution in [0.3, 0.4) is 0 Å². The Bertz CT molecular complexity index is 460. The van der Waals surface area contributed by atoms with E-state index in [0.29, 0.717) is 32.7 Å². The lowest BCUT2D eigenvalue weighted by Gasteiger charge is -2.24. The molecule has 150 valence electrons. The van der Waals surface area contributed by atoms with Crippen molar-refractivity contribution in [1.82, 2.24) is 4.90 Å². The Hall–Kier alpha value is -1.87. The first kappa shape index (κ1) is 24.1. The maximum atomic E-state index is 12.3. The van der Waals surface area contributed by atoms with Crippen molar-refractivity contribution in [2.45, 2.75) is 39.2 Å². The van der Waals surface area contributed by atoms with E-state index in [1.54, 1.807) is 20.8 Å². The molecule has 1 amide bonds. The zero-order chi connectivity index (χ0) is 19.8. The summed E-state index contributed by atoms with van der Waals surface area (Å²) in [5.41, 5.74) is 13.0. The Balaban J connectivity index is 4.36. The minimum atomic E-state index is -0.569. The molecule has 0 saturated carbocycles. The Morgan fingerprint density at radius 1 is 1.15 bits per heavy atom. The van der Waals surface area contributed by atoms with Gasteiger partial charge in [0, 0.05) is 31.1 Å². The van der Waals surface area contributed by atoms with Gasteiger partial charge >= 0.3 is 5.97 Å². The molecule has 0 aromatic rings. The van der Waals surface area contributed by atoms with E-state index in [-0.39, 0.29) is 44.6 Å². The van der Waals surface area contributed by atoms with Crippen LogP contribution in [0.25, 0.3) is 10.4 Å². The molecule has 0 aromatic carbocycles. The second-order valence-electron chi connectivity index (χ2n) is 6.48. The van der Waals surface area contributed by atoms with Crippen LogP contribution in [0.4, 0.5) is 0 Å². The molecule has 0 aliphatic carbocycles. The molecular weight excluding hydrogens is 342 g/mol. The van der Waals surface area contributed by atoms with Crippen LogP contribution in [0.5, 0.6) is 0 Å². The van der Waals surface area contributed by atoms with Crippen molar-refractivity contribution >= 4 is 11.9 Å². The standard InChI is InChI=1S/C16H31N5O5/c1-16(2,3)26-15(23)5-9-21(8-4-7-19-20-18)14(22)13-25-12-11-24-10-6-17/h4-13,17H2,1-3H3. The lowest BCUT2D eigenvalue weighted by molar-refractivity contribution is -0.155. The number of nitrogens with zero attached hydrogens (tertiary/aromatic N) is 4. The Morgan fingerprint density at radius 3 is 2.46 bits per heavy atom. The fourth-order valence-electron chi connectivity index (χ4n) is 1.91. The minimum Gasteiger partial charge on any atom is -0.460 e. The van der Waals surface area contributed by atoms with E-state index in [1.165, 1.54) is 4.90 Å². The second kappa shape index (κ2) is 14.3. The van der Waals surface area contributed by atoms with E-state index < -0.39 is 5.60 Å². The van der Waals surface area contributed by atoms with Crippen molar-refractivity contribution in [2.24, 2.45) is 10.8 Å². The van der Waals surface area contributed by atoms with Gasteiger partial charge in [0.2, 0.25) is 5.91 Å². The van der Waals surface area contributed by atoms with Crippen LogP contribution in [0.2, 0.25) is 0 Å². The van der Waals surface area contributed by atoms with E-state index in [9.17, 15) is 9.59 Å². The molecule has 0 aromatic heterocycles. The highest BCUT2D eigenvalue weighted by molar-refractivity contribution is 5.78. The fraction of sp³-hybridized carbons (Fsp3) is 0.875. The lowest BCUT2D eigenvalue weighted by atomic mass is 10.2. The number of esters is 1. The SMILES string of the molecule is CC(C)(C)OC(=O)CCN(CCCN=[N+]=[N-])C(=O)COCCOCCN. The van der Waals surface area contributed by atoms with Crippen molar-refractivity contribution in [3.63, 3.8) is 0 Å². The Labute approximate surface area is 154 Å². The number of hydrogen-bond acceptors (Lipinski definition) is 7. The van der Waals surface area contributed by atoms with E-state index in [4.69, 9.17) is 25.5 Å². The Morgan fingerprint density at radius 2 is 1.85 bits per heavy atom. The van der Waals surface area contributed by atoms with Gasteiger partial charge in [0.25, 0.3) is 0 Å². The van der Waals surface area contributed by atoms with Crippen molar-refractivity contribution < 1.29 is 23.8 Å². The van der Waals surface area contributed by atoms with Crippen LogP contribution < -0.4 is 5.73 Å². The molecule has 0 spiro atoms. The van der Waals surface area contributed by atoms with Crippen LogP contribution in [-0.2, 0) is 23.8 Å². The molecule has 10 nitrogen and oxygen atoms in total. The molecule has 0 fully saturated rings. The summed E-state index contributed by atoms with van der Waals surface area (Å²) in [6.07, 6.45) is 0.591. The van der Waals surface area contributed by atoms with Crippen LogP contribution in [-0.4, -0.2) is 75.0 Å². The molecule has 2 N–H and O–H groups in total. The number of carbonyl (C=O) groups excluding carboxylic acids is 2. The second-order valence-corrected chi connectivity index (χ2v) is 6.48. The van der Waals surface area contributed by atoms with Gasteiger partial charge in [-0.05, 0) is 32.7 Å². The molecule has 0 atom stereocenters. The third kappa shape index (κ3) is 14.5. The monoisotopic (exact) mass is 373 g/mol. The van der Waals surface area contributed by atoms with Gasteiger partial charge in [0.1, 0.15) is 12.2 Å². The molecule has 0 radical (unpaired) electrons. The summed E-state index contributed by atoms with van der Waals surface area (Å²) in [4.78, 5) is 28.3. The molecule has 0 saturated heterocycles. The molecule has 0 bridgehead atoms. The maximum Gasteiger partial charge on any atom is 0.308 e. The van der Waals surface area contributed by atoms with Gasteiger partial charge in [0.15, 0.2) is 0 Å². The predicted molar refractivity (Wildman–Crippen MR) is 96.4 cm³/mol. The molecule has 0 aliphatic heterocycles. The number of carbonyl (C=O) groups is 2. The molecule has 10 heteroatoms. The van der Waals surface area contributed by atoms with Crippen molar-refractivity contribution in [3.05, 3.63) is 10.4 Å². The summed E-state index contributed by atoms with van der Waals surface area (Å²) in [6.45, 7) is 7.63. The molecule has 26 heavy (non-hydrogen) atoms. The van der Waals surface area contributed by atoms with Gasteiger partial charge in [-0.2, -0.15) is 0 Å². The molecule has 0 unspecified atom stereocenters. The topological polar surface area (TPSA) is 140 Å². The fourth-order valence-corrected chi connectivity index (χ4v) is 1.91. The first-order valence-electron chi connectivity index (χ1n) is 8.66. The van der Waals surface area contributed by atoms with Crippen LogP contribution in [0, 0.1) is 0 Å². The van der Waals surface area contributed by atoms with Gasteiger partial charge in [-0.15, -0.1) is 0 Å². The molecule has 0 aliphatic rings. The van der Waals surface area contributed by atoms with Crippen molar-refractivity contribution in [1.29, 1.82) is 0 Å². The minimum absolute atomic E-state index is 0.0874. The summed E-state index contributed by atoms with van der Waals surface area (Å²) in [7, 11) is 0. The lowest BCUT2D eigenvalue weighted by Crippen LogP contribution is -2.37. The number of ether oxygens (including phenoxy) is 3. The third-order valence-electron chi connectivity index (χ3n) is 2.97. The van der Waals surface area contributed by atoms with Gasteiger partial charge in [0.05, 0.1) is 26.2 Å². The van der Waals surface area contributed by atoms with Gasteiger partial charge in [-0.3, -0.25) is 9.59 Å². The van der Waals surface area contributed by atoms with E-state index in [0.717, 1.165) is 0 Å². The summed E-state index contributed by atoms with van der Waals surface area (Å²) in [5, 5.41) is 3.44. The Kier molecular flexibility index (Phi) is 13.3. The van der Waals surface area contributed by atoms with E-state index in [1.807, 2.05) is 0 Å². The first-order chi connectivity index (χ1) is 12.3. The normalized spacial score (nSPS) is 10.9. The predicted octanol–water partition coefficient (Wildman–Crippen LogP) is 1.24. The number of azide groups is 1. The number of amides is 1. The number of nitrogens with two attached hydrogens (primary N) is 1.